The summed E-state index contributed by atoms with van der Waals surface area (Å²) in [5, 5.41) is 0.397. The molecule has 0 radical (unpaired) electrons. The highest BCUT2D eigenvalue weighted by Crippen LogP contribution is 2.29. The fourth-order valence-electron chi connectivity index (χ4n) is 2.46. The molecule has 0 bridgehead atoms. The topological polar surface area (TPSA) is 53.4 Å². The van der Waals surface area contributed by atoms with Crippen molar-refractivity contribution >= 4 is 40.2 Å². The molecule has 1 aromatic carbocycles. The zero-order chi connectivity index (χ0) is 17.8. The number of aromatic nitrogens is 2. The summed E-state index contributed by atoms with van der Waals surface area (Å²) in [6.07, 6.45) is 5.66. The maximum absolute atomic E-state index is 12.5. The van der Waals surface area contributed by atoms with Gasteiger partial charge in [-0.05, 0) is 66.5 Å². The van der Waals surface area contributed by atoms with E-state index in [0.29, 0.717) is 29.7 Å². The summed E-state index contributed by atoms with van der Waals surface area (Å²) in [5.74, 6) is 1.10. The molecule has 0 spiro atoms. The first-order chi connectivity index (χ1) is 12.0. The summed E-state index contributed by atoms with van der Waals surface area (Å²) in [4.78, 5) is 16.7. The van der Waals surface area contributed by atoms with Crippen LogP contribution >= 0.6 is 34.2 Å². The monoisotopic (exact) mass is 474 g/mol. The summed E-state index contributed by atoms with van der Waals surface area (Å²) in [5.41, 5.74) is 0.372. The van der Waals surface area contributed by atoms with Gasteiger partial charge in [-0.15, -0.1) is 0 Å². The predicted octanol–water partition coefficient (Wildman–Crippen LogP) is 4.10. The van der Waals surface area contributed by atoms with Gasteiger partial charge in [-0.3, -0.25) is 0 Å². The van der Waals surface area contributed by atoms with E-state index in [1.54, 1.807) is 18.3 Å². The molecule has 1 aromatic heterocycles. The molecule has 0 saturated heterocycles. The van der Waals surface area contributed by atoms with Crippen LogP contribution < -0.4 is 0 Å². The van der Waals surface area contributed by atoms with Crippen LogP contribution in [0.15, 0.2) is 30.6 Å². The van der Waals surface area contributed by atoms with Crippen molar-refractivity contribution < 1.29 is 14.3 Å². The van der Waals surface area contributed by atoms with Crippen molar-refractivity contribution in [3.8, 4) is 0 Å². The highest BCUT2D eigenvalue weighted by Gasteiger charge is 2.24. The zero-order valence-electron chi connectivity index (χ0n) is 14.0. The average Bonchev–Trinajstić information content (AvgIpc) is 3.29. The minimum absolute atomic E-state index is 0.363. The van der Waals surface area contributed by atoms with Crippen LogP contribution in [0, 0.1) is 16.4 Å². The number of hydrogen-bond donors (Lipinski definition) is 0. The Balaban J connectivity index is 1.66. The minimum Gasteiger partial charge on any atom is -0.454 e. The number of esters is 1. The molecule has 0 N–H and O–H groups in total. The predicted molar refractivity (Wildman–Crippen MR) is 104 cm³/mol. The van der Waals surface area contributed by atoms with Gasteiger partial charge in [0.05, 0.1) is 23.7 Å². The first-order valence-corrected chi connectivity index (χ1v) is 9.70. The lowest BCUT2D eigenvalue weighted by atomic mass is 10.2. The molecule has 3 rings (SSSR count). The van der Waals surface area contributed by atoms with Crippen LogP contribution in [0.2, 0.25) is 5.02 Å². The van der Waals surface area contributed by atoms with Gasteiger partial charge in [0.15, 0.2) is 0 Å². The Morgan fingerprint density at radius 2 is 2.28 bits per heavy atom. The van der Waals surface area contributed by atoms with E-state index in [-0.39, 0.29) is 0 Å². The van der Waals surface area contributed by atoms with Crippen molar-refractivity contribution in [3.05, 3.63) is 50.6 Å². The van der Waals surface area contributed by atoms with Gasteiger partial charge in [0.2, 0.25) is 0 Å². The minimum atomic E-state index is -0.431. The smallest absolute Gasteiger partial charge is 0.340 e. The Bertz CT molecular complexity index is 746. The number of benzene rings is 1. The molecule has 1 heterocycles. The van der Waals surface area contributed by atoms with Gasteiger partial charge in [0.1, 0.15) is 11.9 Å². The third-order valence-corrected chi connectivity index (χ3v) is 5.09. The van der Waals surface area contributed by atoms with Crippen LogP contribution in [0.4, 0.5) is 0 Å². The molecule has 0 amide bonds. The Hall–Kier alpha value is -1.12. The summed E-state index contributed by atoms with van der Waals surface area (Å²) in [7, 11) is 0. The Kier molecular flexibility index (Phi) is 6.35. The van der Waals surface area contributed by atoms with Crippen molar-refractivity contribution in [2.24, 2.45) is 5.92 Å². The number of carbonyl (C=O) groups excluding carboxylic acids is 1. The molecule has 1 fully saturated rings. The highest BCUT2D eigenvalue weighted by molar-refractivity contribution is 14.1. The molecule has 7 heteroatoms. The zero-order valence-corrected chi connectivity index (χ0v) is 16.9. The number of nitrogens with zero attached hydrogens (tertiary/aromatic N) is 2. The number of halogens is 2. The number of carbonyl (C=O) groups is 1. The van der Waals surface area contributed by atoms with Crippen LogP contribution in [0.1, 0.15) is 29.0 Å². The first-order valence-electron chi connectivity index (χ1n) is 8.24. The molecular weight excluding hydrogens is 455 g/mol. The molecule has 25 heavy (non-hydrogen) atoms. The second-order valence-corrected chi connectivity index (χ2v) is 7.91. The fourth-order valence-corrected chi connectivity index (χ4v) is 3.39. The lowest BCUT2D eigenvalue weighted by molar-refractivity contribution is -0.0119. The van der Waals surface area contributed by atoms with Crippen molar-refractivity contribution in [1.29, 1.82) is 0 Å². The number of rotatable bonds is 8. The Morgan fingerprint density at radius 1 is 1.48 bits per heavy atom. The average molecular weight is 475 g/mol. The Morgan fingerprint density at radius 3 is 2.92 bits per heavy atom. The largest absolute Gasteiger partial charge is 0.454 e. The van der Waals surface area contributed by atoms with E-state index in [1.807, 2.05) is 23.8 Å². The van der Waals surface area contributed by atoms with Crippen LogP contribution in [0.25, 0.3) is 0 Å². The standard InChI is InChI=1S/C18H20ClIN2O3/c1-12-21-6-7-22(12)9-15(11-24-10-13-2-3-13)25-18(23)16-5-4-14(20)8-17(16)19/h4-8,13,15H,2-3,9-11H2,1H3. The number of hydrogen-bond acceptors (Lipinski definition) is 4. The van der Waals surface area contributed by atoms with E-state index >= 15 is 0 Å². The van der Waals surface area contributed by atoms with E-state index in [1.165, 1.54) is 12.8 Å². The molecule has 1 unspecified atom stereocenters. The van der Waals surface area contributed by atoms with Gasteiger partial charge in [-0.2, -0.15) is 0 Å². The molecule has 134 valence electrons. The lowest BCUT2D eigenvalue weighted by Gasteiger charge is -2.20. The van der Waals surface area contributed by atoms with Gasteiger partial charge in [-0.25, -0.2) is 9.78 Å². The number of imidazole rings is 1. The number of aryl methyl sites for hydroxylation is 1. The second kappa shape index (κ2) is 8.51. The summed E-state index contributed by atoms with van der Waals surface area (Å²) in [6.45, 7) is 3.51. The van der Waals surface area contributed by atoms with Gasteiger partial charge in [0, 0.05) is 22.6 Å². The van der Waals surface area contributed by atoms with E-state index in [4.69, 9.17) is 21.1 Å². The normalized spacial score (nSPS) is 15.2. The van der Waals surface area contributed by atoms with Crippen LogP contribution in [-0.4, -0.2) is 34.8 Å². The maximum Gasteiger partial charge on any atom is 0.340 e. The summed E-state index contributed by atoms with van der Waals surface area (Å²) in [6, 6.07) is 5.27. The van der Waals surface area contributed by atoms with E-state index < -0.39 is 12.1 Å². The molecule has 2 aromatic rings. The fraction of sp³-hybridized carbons (Fsp3) is 0.444. The molecule has 1 aliphatic carbocycles. The van der Waals surface area contributed by atoms with Crippen molar-refractivity contribution in [1.82, 2.24) is 9.55 Å². The van der Waals surface area contributed by atoms with Gasteiger partial charge in [0.25, 0.3) is 0 Å². The highest BCUT2D eigenvalue weighted by atomic mass is 127. The van der Waals surface area contributed by atoms with Crippen LogP contribution in [0.5, 0.6) is 0 Å². The van der Waals surface area contributed by atoms with Gasteiger partial charge >= 0.3 is 5.97 Å². The SMILES string of the molecule is Cc1nccn1CC(COCC1CC1)OC(=O)c1ccc(I)cc1Cl. The molecule has 1 saturated carbocycles. The third kappa shape index (κ3) is 5.43. The summed E-state index contributed by atoms with van der Waals surface area (Å²) >= 11 is 8.33. The molecular formula is C18H20ClIN2O3. The summed E-state index contributed by atoms with van der Waals surface area (Å²) < 4.78 is 14.4. The van der Waals surface area contributed by atoms with Crippen LogP contribution in [0.3, 0.4) is 0 Å². The van der Waals surface area contributed by atoms with E-state index in [0.717, 1.165) is 16.0 Å². The van der Waals surface area contributed by atoms with E-state index in [2.05, 4.69) is 27.6 Å². The van der Waals surface area contributed by atoms with Crippen LogP contribution in [-0.2, 0) is 16.0 Å². The lowest BCUT2D eigenvalue weighted by Crippen LogP contribution is -2.29. The third-order valence-electron chi connectivity index (χ3n) is 4.10. The number of ether oxygens (including phenoxy) is 2. The quantitative estimate of drug-likeness (QED) is 0.427. The van der Waals surface area contributed by atoms with Crippen molar-refractivity contribution in [3.63, 3.8) is 0 Å². The van der Waals surface area contributed by atoms with Gasteiger partial charge < -0.3 is 14.0 Å². The van der Waals surface area contributed by atoms with Gasteiger partial charge in [-0.1, -0.05) is 11.6 Å². The molecule has 0 aliphatic heterocycles. The van der Waals surface area contributed by atoms with Crippen molar-refractivity contribution in [2.75, 3.05) is 13.2 Å². The van der Waals surface area contributed by atoms with E-state index in [9.17, 15) is 4.79 Å². The second-order valence-electron chi connectivity index (χ2n) is 6.26. The molecule has 1 aliphatic rings. The first kappa shape index (κ1) is 18.7. The van der Waals surface area contributed by atoms with Crippen molar-refractivity contribution in [2.45, 2.75) is 32.4 Å². The molecule has 5 nitrogen and oxygen atoms in total. The maximum atomic E-state index is 12.5. The molecule has 1 atom stereocenters. The Labute approximate surface area is 165 Å².